The first kappa shape index (κ1) is 15.5. The summed E-state index contributed by atoms with van der Waals surface area (Å²) in [6.45, 7) is 7.02. The molecule has 0 unspecified atom stereocenters. The topological polar surface area (TPSA) is 78.9 Å². The maximum Gasteiger partial charge on any atom is 0.224 e. The summed E-state index contributed by atoms with van der Waals surface area (Å²) in [4.78, 5) is 19.7. The molecular formula is C12H20ClN5O. The highest BCUT2D eigenvalue weighted by Crippen LogP contribution is 2.19. The van der Waals surface area contributed by atoms with Crippen LogP contribution in [0.2, 0.25) is 5.02 Å². The number of amides is 1. The van der Waals surface area contributed by atoms with E-state index in [2.05, 4.69) is 25.9 Å². The molecule has 0 aliphatic carbocycles. The van der Waals surface area contributed by atoms with Crippen LogP contribution in [-0.4, -0.2) is 35.0 Å². The van der Waals surface area contributed by atoms with Crippen molar-refractivity contribution >= 4 is 29.3 Å². The lowest BCUT2D eigenvalue weighted by molar-refractivity contribution is -0.121. The van der Waals surface area contributed by atoms with E-state index >= 15 is 0 Å². The van der Waals surface area contributed by atoms with Crippen LogP contribution in [0.15, 0.2) is 6.20 Å². The SMILES string of the molecule is CCNc1ncc(Cl)c(NCCC(=O)NC(C)C)n1. The quantitative estimate of drug-likeness (QED) is 0.713. The van der Waals surface area contributed by atoms with Gasteiger partial charge in [-0.2, -0.15) is 4.98 Å². The van der Waals surface area contributed by atoms with Crippen molar-refractivity contribution in [2.75, 3.05) is 23.7 Å². The van der Waals surface area contributed by atoms with Crippen molar-refractivity contribution in [2.45, 2.75) is 33.2 Å². The molecule has 6 nitrogen and oxygen atoms in total. The lowest BCUT2D eigenvalue weighted by Crippen LogP contribution is -2.31. The normalized spacial score (nSPS) is 10.4. The Balaban J connectivity index is 2.48. The molecule has 0 spiro atoms. The third-order valence-corrected chi connectivity index (χ3v) is 2.45. The maximum atomic E-state index is 11.5. The van der Waals surface area contributed by atoms with Gasteiger partial charge in [-0.3, -0.25) is 4.79 Å². The summed E-state index contributed by atoms with van der Waals surface area (Å²) in [7, 11) is 0. The van der Waals surface area contributed by atoms with E-state index < -0.39 is 0 Å². The van der Waals surface area contributed by atoms with Crippen LogP contribution in [0.4, 0.5) is 11.8 Å². The molecular weight excluding hydrogens is 266 g/mol. The number of carbonyl (C=O) groups is 1. The van der Waals surface area contributed by atoms with Crippen molar-refractivity contribution in [2.24, 2.45) is 0 Å². The summed E-state index contributed by atoms with van der Waals surface area (Å²) in [6.07, 6.45) is 1.90. The van der Waals surface area contributed by atoms with Gasteiger partial charge in [0.05, 0.1) is 6.20 Å². The van der Waals surface area contributed by atoms with Crippen LogP contribution >= 0.6 is 11.6 Å². The molecule has 0 fully saturated rings. The highest BCUT2D eigenvalue weighted by Gasteiger charge is 2.06. The van der Waals surface area contributed by atoms with Crippen LogP contribution in [0.5, 0.6) is 0 Å². The number of halogens is 1. The highest BCUT2D eigenvalue weighted by molar-refractivity contribution is 6.32. The Hall–Kier alpha value is -1.56. The highest BCUT2D eigenvalue weighted by atomic mass is 35.5. The Morgan fingerprint density at radius 2 is 2.16 bits per heavy atom. The fraction of sp³-hybridized carbons (Fsp3) is 0.583. The lowest BCUT2D eigenvalue weighted by atomic mass is 10.3. The van der Waals surface area contributed by atoms with E-state index in [9.17, 15) is 4.79 Å². The second-order valence-corrected chi connectivity index (χ2v) is 4.73. The molecule has 0 aliphatic rings. The van der Waals surface area contributed by atoms with Gasteiger partial charge in [-0.05, 0) is 20.8 Å². The molecule has 0 saturated heterocycles. The van der Waals surface area contributed by atoms with Gasteiger partial charge in [-0.1, -0.05) is 11.6 Å². The number of carbonyl (C=O) groups excluding carboxylic acids is 1. The van der Waals surface area contributed by atoms with Gasteiger partial charge in [-0.25, -0.2) is 4.98 Å². The third-order valence-electron chi connectivity index (χ3n) is 2.17. The summed E-state index contributed by atoms with van der Waals surface area (Å²) >= 11 is 5.98. The van der Waals surface area contributed by atoms with E-state index in [0.717, 1.165) is 6.54 Å². The molecule has 106 valence electrons. The van der Waals surface area contributed by atoms with Gasteiger partial charge in [0.2, 0.25) is 11.9 Å². The standard InChI is InChI=1S/C12H20ClN5O/c1-4-14-12-16-7-9(13)11(18-12)15-6-5-10(19)17-8(2)3/h7-8H,4-6H2,1-3H3,(H,17,19)(H2,14,15,16,18). The van der Waals surface area contributed by atoms with Crippen LogP contribution in [0, 0.1) is 0 Å². The first-order chi connectivity index (χ1) is 9.02. The average molecular weight is 286 g/mol. The Bertz CT molecular complexity index is 425. The summed E-state index contributed by atoms with van der Waals surface area (Å²) in [5.74, 6) is 1.05. The first-order valence-electron chi connectivity index (χ1n) is 6.32. The minimum Gasteiger partial charge on any atom is -0.368 e. The summed E-state index contributed by atoms with van der Waals surface area (Å²) < 4.78 is 0. The van der Waals surface area contributed by atoms with Gasteiger partial charge in [0, 0.05) is 25.6 Å². The second kappa shape index (κ2) is 7.78. The van der Waals surface area contributed by atoms with Gasteiger partial charge in [0.15, 0.2) is 0 Å². The zero-order valence-electron chi connectivity index (χ0n) is 11.5. The Labute approximate surface area is 118 Å². The molecule has 1 aromatic heterocycles. The van der Waals surface area contributed by atoms with Crippen molar-refractivity contribution in [3.8, 4) is 0 Å². The smallest absolute Gasteiger partial charge is 0.224 e. The Morgan fingerprint density at radius 3 is 2.79 bits per heavy atom. The van der Waals surface area contributed by atoms with Crippen LogP contribution in [-0.2, 0) is 4.79 Å². The monoisotopic (exact) mass is 285 g/mol. The number of nitrogens with zero attached hydrogens (tertiary/aromatic N) is 2. The van der Waals surface area contributed by atoms with E-state index in [4.69, 9.17) is 11.6 Å². The maximum absolute atomic E-state index is 11.5. The molecule has 0 atom stereocenters. The molecule has 7 heteroatoms. The first-order valence-corrected chi connectivity index (χ1v) is 6.70. The van der Waals surface area contributed by atoms with Gasteiger partial charge in [-0.15, -0.1) is 0 Å². The summed E-state index contributed by atoms with van der Waals surface area (Å²) in [5, 5.41) is 9.29. The Morgan fingerprint density at radius 1 is 1.42 bits per heavy atom. The zero-order chi connectivity index (χ0) is 14.3. The van der Waals surface area contributed by atoms with Crippen molar-refractivity contribution in [1.29, 1.82) is 0 Å². The minimum absolute atomic E-state index is 0.000384. The second-order valence-electron chi connectivity index (χ2n) is 4.32. The van der Waals surface area contributed by atoms with E-state index in [0.29, 0.717) is 29.8 Å². The molecule has 1 amide bonds. The molecule has 3 N–H and O–H groups in total. The molecule has 1 rings (SSSR count). The average Bonchev–Trinajstić information content (AvgIpc) is 2.32. The largest absolute Gasteiger partial charge is 0.368 e. The number of aromatic nitrogens is 2. The molecule has 0 aliphatic heterocycles. The van der Waals surface area contributed by atoms with Crippen molar-refractivity contribution in [3.05, 3.63) is 11.2 Å². The van der Waals surface area contributed by atoms with Gasteiger partial charge >= 0.3 is 0 Å². The summed E-state index contributed by atoms with van der Waals surface area (Å²) in [5.41, 5.74) is 0. The molecule has 0 aromatic carbocycles. The molecule has 0 saturated carbocycles. The lowest BCUT2D eigenvalue weighted by Gasteiger charge is -2.10. The van der Waals surface area contributed by atoms with Crippen molar-refractivity contribution in [1.82, 2.24) is 15.3 Å². The van der Waals surface area contributed by atoms with Crippen molar-refractivity contribution < 1.29 is 4.79 Å². The Kier molecular flexibility index (Phi) is 6.35. The molecule has 19 heavy (non-hydrogen) atoms. The molecule has 1 heterocycles. The van der Waals surface area contributed by atoms with Gasteiger partial charge < -0.3 is 16.0 Å². The van der Waals surface area contributed by atoms with Crippen LogP contribution in [0.1, 0.15) is 27.2 Å². The number of rotatable bonds is 7. The van der Waals surface area contributed by atoms with E-state index in [-0.39, 0.29) is 11.9 Å². The molecule has 1 aromatic rings. The van der Waals surface area contributed by atoms with Crippen LogP contribution < -0.4 is 16.0 Å². The van der Waals surface area contributed by atoms with E-state index in [1.54, 1.807) is 0 Å². The van der Waals surface area contributed by atoms with Crippen LogP contribution in [0.3, 0.4) is 0 Å². The van der Waals surface area contributed by atoms with Crippen molar-refractivity contribution in [3.63, 3.8) is 0 Å². The molecule has 0 radical (unpaired) electrons. The van der Waals surface area contributed by atoms with Gasteiger partial charge in [0.1, 0.15) is 10.8 Å². The van der Waals surface area contributed by atoms with E-state index in [1.165, 1.54) is 6.20 Å². The number of anilines is 2. The molecule has 0 bridgehead atoms. The summed E-state index contributed by atoms with van der Waals surface area (Å²) in [6, 6.07) is 0.149. The zero-order valence-corrected chi connectivity index (χ0v) is 12.2. The number of hydrogen-bond acceptors (Lipinski definition) is 5. The number of nitrogens with one attached hydrogen (secondary N) is 3. The van der Waals surface area contributed by atoms with Gasteiger partial charge in [0.25, 0.3) is 0 Å². The predicted molar refractivity (Wildman–Crippen MR) is 77.6 cm³/mol. The number of hydrogen-bond donors (Lipinski definition) is 3. The fourth-order valence-electron chi connectivity index (χ4n) is 1.42. The fourth-order valence-corrected chi connectivity index (χ4v) is 1.58. The predicted octanol–water partition coefficient (Wildman–Crippen LogP) is 1.89. The minimum atomic E-state index is -0.000384. The van der Waals surface area contributed by atoms with Crippen LogP contribution in [0.25, 0.3) is 0 Å². The van der Waals surface area contributed by atoms with E-state index in [1.807, 2.05) is 20.8 Å². The third kappa shape index (κ3) is 5.74.